The number of nitrogens with zero attached hydrogens (tertiary/aromatic N) is 2. The molecule has 0 unspecified atom stereocenters. The highest BCUT2D eigenvalue weighted by molar-refractivity contribution is 5.97. The monoisotopic (exact) mass is 397 g/mol. The summed E-state index contributed by atoms with van der Waals surface area (Å²) in [5, 5.41) is 14.0. The molecule has 1 aromatic heterocycles. The Morgan fingerprint density at radius 1 is 1.21 bits per heavy atom. The zero-order valence-corrected chi connectivity index (χ0v) is 17.4. The molecule has 156 valence electrons. The minimum absolute atomic E-state index is 0.0403. The van der Waals surface area contributed by atoms with E-state index in [0.717, 1.165) is 36.3 Å². The third kappa shape index (κ3) is 5.05. The van der Waals surface area contributed by atoms with Crippen molar-refractivity contribution in [3.8, 4) is 11.3 Å². The van der Waals surface area contributed by atoms with Gasteiger partial charge in [0.2, 0.25) is 0 Å². The van der Waals surface area contributed by atoms with Crippen LogP contribution in [-0.2, 0) is 6.54 Å². The lowest BCUT2D eigenvalue weighted by molar-refractivity contribution is -0.384. The molecule has 0 bridgehead atoms. The van der Waals surface area contributed by atoms with Crippen molar-refractivity contribution >= 4 is 11.6 Å². The Bertz CT molecular complexity index is 849. The number of nitrogens with one attached hydrogen (secondary N) is 1. The van der Waals surface area contributed by atoms with Crippen LogP contribution >= 0.6 is 0 Å². The van der Waals surface area contributed by atoms with E-state index >= 15 is 0 Å². The number of aromatic nitrogens is 1. The maximum absolute atomic E-state index is 12.8. The lowest BCUT2D eigenvalue weighted by Crippen LogP contribution is -2.25. The summed E-state index contributed by atoms with van der Waals surface area (Å²) in [5.41, 5.74) is 3.61. The van der Waals surface area contributed by atoms with Gasteiger partial charge in [-0.2, -0.15) is 0 Å². The Balaban J connectivity index is 1.94. The molecule has 1 amide bonds. The average molecular weight is 398 g/mol. The maximum atomic E-state index is 12.8. The third-order valence-corrected chi connectivity index (χ3v) is 5.97. The average Bonchev–Trinajstić information content (AvgIpc) is 3.05. The lowest BCUT2D eigenvalue weighted by atomic mass is 9.89. The van der Waals surface area contributed by atoms with Crippen LogP contribution in [0.15, 0.2) is 30.3 Å². The van der Waals surface area contributed by atoms with Gasteiger partial charge in [0.05, 0.1) is 10.5 Å². The molecule has 6 nitrogen and oxygen atoms in total. The topological polar surface area (TPSA) is 77.2 Å². The molecule has 29 heavy (non-hydrogen) atoms. The second-order valence-corrected chi connectivity index (χ2v) is 8.06. The Hall–Kier alpha value is -2.63. The van der Waals surface area contributed by atoms with Gasteiger partial charge in [-0.05, 0) is 55.9 Å². The number of hydrogen-bond acceptors (Lipinski definition) is 3. The van der Waals surface area contributed by atoms with Gasteiger partial charge in [-0.25, -0.2) is 0 Å². The predicted octanol–water partition coefficient (Wildman–Crippen LogP) is 5.48. The fourth-order valence-electron chi connectivity index (χ4n) is 4.21. The zero-order valence-electron chi connectivity index (χ0n) is 17.4. The number of nitro groups is 1. The van der Waals surface area contributed by atoms with Crippen molar-refractivity contribution in [3.63, 3.8) is 0 Å². The fraction of sp³-hybridized carbons (Fsp3) is 0.522. The van der Waals surface area contributed by atoms with E-state index in [1.165, 1.54) is 44.2 Å². The summed E-state index contributed by atoms with van der Waals surface area (Å²) in [6.45, 7) is 5.67. The molecule has 0 saturated heterocycles. The highest BCUT2D eigenvalue weighted by Crippen LogP contribution is 2.32. The van der Waals surface area contributed by atoms with Crippen LogP contribution in [0.25, 0.3) is 11.3 Å². The molecule has 2 aromatic rings. The van der Waals surface area contributed by atoms with E-state index in [-0.39, 0.29) is 16.5 Å². The summed E-state index contributed by atoms with van der Waals surface area (Å²) in [7, 11) is 0. The predicted molar refractivity (Wildman–Crippen MR) is 115 cm³/mol. The van der Waals surface area contributed by atoms with Crippen molar-refractivity contribution < 1.29 is 9.72 Å². The normalized spacial score (nSPS) is 14.7. The van der Waals surface area contributed by atoms with Gasteiger partial charge in [0.1, 0.15) is 0 Å². The number of benzene rings is 1. The van der Waals surface area contributed by atoms with Gasteiger partial charge < -0.3 is 9.88 Å². The van der Waals surface area contributed by atoms with Crippen molar-refractivity contribution in [1.29, 1.82) is 0 Å². The number of rotatable bonds is 8. The SMILES string of the molecule is CCCCNC(=O)c1cc(-c2ccc([N+](=O)[O-])cc2)n(CC2CCCCC2)c1C. The van der Waals surface area contributed by atoms with Gasteiger partial charge in [-0.15, -0.1) is 0 Å². The van der Waals surface area contributed by atoms with Crippen LogP contribution in [0, 0.1) is 23.0 Å². The molecule has 0 radical (unpaired) electrons. The van der Waals surface area contributed by atoms with Gasteiger partial charge >= 0.3 is 0 Å². The summed E-state index contributed by atoms with van der Waals surface area (Å²) in [6.07, 6.45) is 8.27. The summed E-state index contributed by atoms with van der Waals surface area (Å²) >= 11 is 0. The highest BCUT2D eigenvalue weighted by Gasteiger charge is 2.22. The summed E-state index contributed by atoms with van der Waals surface area (Å²) in [5.74, 6) is 0.573. The minimum atomic E-state index is -0.386. The van der Waals surface area contributed by atoms with Crippen LogP contribution in [0.3, 0.4) is 0 Å². The van der Waals surface area contributed by atoms with Crippen molar-refractivity contribution in [1.82, 2.24) is 9.88 Å². The smallest absolute Gasteiger partial charge is 0.269 e. The van der Waals surface area contributed by atoms with Gasteiger partial charge in [0, 0.05) is 36.6 Å². The number of carbonyl (C=O) groups excluding carboxylic acids is 1. The molecule has 1 aliphatic carbocycles. The van der Waals surface area contributed by atoms with E-state index in [4.69, 9.17) is 0 Å². The van der Waals surface area contributed by atoms with Crippen molar-refractivity contribution in [2.45, 2.75) is 65.3 Å². The molecule has 6 heteroatoms. The molecule has 3 rings (SSSR count). The third-order valence-electron chi connectivity index (χ3n) is 5.97. The summed E-state index contributed by atoms with van der Waals surface area (Å²) in [4.78, 5) is 23.4. The van der Waals surface area contributed by atoms with Gasteiger partial charge in [0.15, 0.2) is 0 Å². The second-order valence-electron chi connectivity index (χ2n) is 8.06. The van der Waals surface area contributed by atoms with Crippen LogP contribution in [0.4, 0.5) is 5.69 Å². The summed E-state index contributed by atoms with van der Waals surface area (Å²) < 4.78 is 2.24. The van der Waals surface area contributed by atoms with E-state index in [9.17, 15) is 14.9 Å². The Morgan fingerprint density at radius 2 is 1.90 bits per heavy atom. The highest BCUT2D eigenvalue weighted by atomic mass is 16.6. The van der Waals surface area contributed by atoms with Crippen LogP contribution < -0.4 is 5.32 Å². The van der Waals surface area contributed by atoms with Crippen LogP contribution in [0.5, 0.6) is 0 Å². The maximum Gasteiger partial charge on any atom is 0.269 e. The summed E-state index contributed by atoms with van der Waals surface area (Å²) in [6, 6.07) is 8.57. The quantitative estimate of drug-likeness (QED) is 0.364. The van der Waals surface area contributed by atoms with Crippen LogP contribution in [-0.4, -0.2) is 21.9 Å². The van der Waals surface area contributed by atoms with E-state index in [2.05, 4.69) is 16.8 Å². The van der Waals surface area contributed by atoms with E-state index in [1.807, 2.05) is 13.0 Å². The Labute approximate surface area is 172 Å². The number of non-ortho nitro benzene ring substituents is 1. The number of unbranched alkanes of at least 4 members (excludes halogenated alkanes) is 1. The molecule has 1 fully saturated rings. The molecular weight excluding hydrogens is 366 g/mol. The van der Waals surface area contributed by atoms with Crippen molar-refractivity contribution in [3.05, 3.63) is 51.7 Å². The molecule has 0 aliphatic heterocycles. The fourth-order valence-corrected chi connectivity index (χ4v) is 4.21. The number of carbonyl (C=O) groups is 1. The minimum Gasteiger partial charge on any atom is -0.352 e. The van der Waals surface area contributed by atoms with Crippen molar-refractivity contribution in [2.75, 3.05) is 6.54 Å². The zero-order chi connectivity index (χ0) is 20.8. The van der Waals surface area contributed by atoms with Crippen LogP contribution in [0.1, 0.15) is 67.9 Å². The van der Waals surface area contributed by atoms with E-state index in [0.29, 0.717) is 18.0 Å². The molecule has 1 aliphatic rings. The van der Waals surface area contributed by atoms with E-state index in [1.54, 1.807) is 12.1 Å². The Kier molecular flexibility index (Phi) is 7.07. The first-order valence-corrected chi connectivity index (χ1v) is 10.7. The first-order valence-electron chi connectivity index (χ1n) is 10.7. The van der Waals surface area contributed by atoms with E-state index < -0.39 is 0 Å². The molecule has 1 N–H and O–H groups in total. The second kappa shape index (κ2) is 9.72. The molecular formula is C23H31N3O3. The number of amides is 1. The van der Waals surface area contributed by atoms with Crippen LogP contribution in [0.2, 0.25) is 0 Å². The Morgan fingerprint density at radius 3 is 2.52 bits per heavy atom. The first kappa shape index (κ1) is 21.1. The molecule has 1 saturated carbocycles. The number of nitro benzene ring substituents is 1. The standard InChI is InChI=1S/C23H31N3O3/c1-3-4-14-24-23(27)21-15-22(19-10-12-20(13-11-19)26(28)29)25(17(21)2)16-18-8-6-5-7-9-18/h10-13,15,18H,3-9,14,16H2,1-2H3,(H,24,27). The van der Waals surface area contributed by atoms with Gasteiger partial charge in [-0.3, -0.25) is 14.9 Å². The lowest BCUT2D eigenvalue weighted by Gasteiger charge is -2.24. The van der Waals surface area contributed by atoms with Crippen molar-refractivity contribution in [2.24, 2.45) is 5.92 Å². The molecule has 1 heterocycles. The molecule has 1 aromatic carbocycles. The largest absolute Gasteiger partial charge is 0.352 e. The first-order chi connectivity index (χ1) is 14.0. The molecule has 0 atom stereocenters. The van der Waals surface area contributed by atoms with Gasteiger partial charge in [0.25, 0.3) is 11.6 Å². The number of hydrogen-bond donors (Lipinski definition) is 1. The van der Waals surface area contributed by atoms with Gasteiger partial charge in [-0.1, -0.05) is 32.6 Å². The molecule has 0 spiro atoms.